The molecule has 1 aromatic rings. The Hall–Kier alpha value is -0.870. The Morgan fingerprint density at radius 2 is 2.10 bits per heavy atom. The van der Waals surface area contributed by atoms with Crippen LogP contribution in [0.1, 0.15) is 64.1 Å². The second-order valence-electron chi connectivity index (χ2n) is 6.32. The standard InChI is InChI=1S/C16H29N3O/c1-13(2)16(9-11-20)17-12-14-8-10-19(18-14)15-6-4-3-5-7-15/h8,10,13,15-17,20H,3-7,9,11-12H2,1-2H3. The molecule has 4 nitrogen and oxygen atoms in total. The maximum absolute atomic E-state index is 9.10. The lowest BCUT2D eigenvalue weighted by Crippen LogP contribution is -2.34. The molecule has 1 unspecified atom stereocenters. The van der Waals surface area contributed by atoms with Gasteiger partial charge in [0.05, 0.1) is 11.7 Å². The van der Waals surface area contributed by atoms with Crippen LogP contribution in [-0.4, -0.2) is 27.5 Å². The van der Waals surface area contributed by atoms with E-state index in [-0.39, 0.29) is 6.61 Å². The van der Waals surface area contributed by atoms with Gasteiger partial charge in [0.25, 0.3) is 0 Å². The minimum Gasteiger partial charge on any atom is -0.396 e. The summed E-state index contributed by atoms with van der Waals surface area (Å²) in [7, 11) is 0. The second-order valence-corrected chi connectivity index (χ2v) is 6.32. The van der Waals surface area contributed by atoms with Crippen LogP contribution in [-0.2, 0) is 6.54 Å². The molecule has 0 aliphatic heterocycles. The molecule has 0 spiro atoms. The van der Waals surface area contributed by atoms with E-state index in [4.69, 9.17) is 10.2 Å². The van der Waals surface area contributed by atoms with E-state index in [1.165, 1.54) is 32.1 Å². The van der Waals surface area contributed by atoms with Gasteiger partial charge in [0.15, 0.2) is 0 Å². The fourth-order valence-electron chi connectivity index (χ4n) is 3.07. The average Bonchev–Trinajstić information content (AvgIpc) is 2.93. The Bertz CT molecular complexity index is 383. The predicted octanol–water partition coefficient (Wildman–Crippen LogP) is 2.88. The van der Waals surface area contributed by atoms with Gasteiger partial charge in [0.1, 0.15) is 0 Å². The number of hydrogen-bond donors (Lipinski definition) is 2. The Labute approximate surface area is 122 Å². The van der Waals surface area contributed by atoms with Crippen molar-refractivity contribution in [1.29, 1.82) is 0 Å². The van der Waals surface area contributed by atoms with Crippen molar-refractivity contribution in [3.05, 3.63) is 18.0 Å². The van der Waals surface area contributed by atoms with Gasteiger partial charge in [0.2, 0.25) is 0 Å². The predicted molar refractivity (Wildman–Crippen MR) is 81.5 cm³/mol. The van der Waals surface area contributed by atoms with E-state index in [2.05, 4.69) is 36.1 Å². The molecule has 2 rings (SSSR count). The van der Waals surface area contributed by atoms with Crippen LogP contribution in [0.5, 0.6) is 0 Å². The maximum atomic E-state index is 9.10. The van der Waals surface area contributed by atoms with Crippen LogP contribution in [0.25, 0.3) is 0 Å². The van der Waals surface area contributed by atoms with E-state index in [1.807, 2.05) is 0 Å². The largest absolute Gasteiger partial charge is 0.396 e. The van der Waals surface area contributed by atoms with Crippen molar-refractivity contribution in [1.82, 2.24) is 15.1 Å². The minimum atomic E-state index is 0.242. The molecule has 1 aliphatic rings. The van der Waals surface area contributed by atoms with Crippen molar-refractivity contribution in [3.8, 4) is 0 Å². The third-order valence-corrected chi connectivity index (χ3v) is 4.40. The van der Waals surface area contributed by atoms with Crippen LogP contribution in [0, 0.1) is 5.92 Å². The molecule has 114 valence electrons. The SMILES string of the molecule is CC(C)C(CCO)NCc1ccn(C2CCCCC2)n1. The average molecular weight is 279 g/mol. The molecule has 4 heteroatoms. The summed E-state index contributed by atoms with van der Waals surface area (Å²) in [6, 6.07) is 3.09. The molecule has 20 heavy (non-hydrogen) atoms. The summed E-state index contributed by atoms with van der Waals surface area (Å²) < 4.78 is 2.16. The zero-order valence-corrected chi connectivity index (χ0v) is 12.9. The number of nitrogens with zero attached hydrogens (tertiary/aromatic N) is 2. The van der Waals surface area contributed by atoms with Gasteiger partial charge in [-0.15, -0.1) is 0 Å². The summed E-state index contributed by atoms with van der Waals surface area (Å²) in [6.07, 6.45) is 9.53. The Morgan fingerprint density at radius 1 is 1.35 bits per heavy atom. The fourth-order valence-corrected chi connectivity index (χ4v) is 3.07. The molecule has 1 heterocycles. The summed E-state index contributed by atoms with van der Waals surface area (Å²) in [6.45, 7) is 5.41. The molecule has 0 radical (unpaired) electrons. The molecule has 0 amide bonds. The highest BCUT2D eigenvalue weighted by atomic mass is 16.3. The number of nitrogens with one attached hydrogen (secondary N) is 1. The Balaban J connectivity index is 1.85. The lowest BCUT2D eigenvalue weighted by molar-refractivity contribution is 0.243. The van der Waals surface area contributed by atoms with Crippen molar-refractivity contribution >= 4 is 0 Å². The summed E-state index contributed by atoms with van der Waals surface area (Å²) in [5.41, 5.74) is 1.11. The second kappa shape index (κ2) is 7.79. The third kappa shape index (κ3) is 4.32. The molecule has 0 saturated heterocycles. The van der Waals surface area contributed by atoms with Gasteiger partial charge in [-0.05, 0) is 31.2 Å². The minimum absolute atomic E-state index is 0.242. The van der Waals surface area contributed by atoms with E-state index in [0.29, 0.717) is 18.0 Å². The lowest BCUT2D eigenvalue weighted by Gasteiger charge is -2.22. The summed E-state index contributed by atoms with van der Waals surface area (Å²) in [5, 5.41) is 17.3. The van der Waals surface area contributed by atoms with Gasteiger partial charge in [-0.3, -0.25) is 4.68 Å². The third-order valence-electron chi connectivity index (χ3n) is 4.40. The molecular formula is C16H29N3O. The normalized spacial score (nSPS) is 18.6. The first-order valence-electron chi connectivity index (χ1n) is 8.09. The fraction of sp³-hybridized carbons (Fsp3) is 0.812. The monoisotopic (exact) mass is 279 g/mol. The summed E-state index contributed by atoms with van der Waals surface area (Å²) >= 11 is 0. The van der Waals surface area contributed by atoms with Crippen LogP contribution >= 0.6 is 0 Å². The van der Waals surface area contributed by atoms with Crippen LogP contribution in [0.15, 0.2) is 12.3 Å². The Morgan fingerprint density at radius 3 is 2.75 bits per heavy atom. The van der Waals surface area contributed by atoms with E-state index < -0.39 is 0 Å². The number of hydrogen-bond acceptors (Lipinski definition) is 3. The number of aliphatic hydroxyl groups is 1. The molecule has 2 N–H and O–H groups in total. The Kier molecular flexibility index (Phi) is 6.05. The van der Waals surface area contributed by atoms with Gasteiger partial charge in [0, 0.05) is 25.4 Å². The van der Waals surface area contributed by atoms with Crippen molar-refractivity contribution in [3.63, 3.8) is 0 Å². The van der Waals surface area contributed by atoms with E-state index in [9.17, 15) is 0 Å². The molecule has 0 bridgehead atoms. The van der Waals surface area contributed by atoms with E-state index >= 15 is 0 Å². The van der Waals surface area contributed by atoms with Crippen LogP contribution in [0.3, 0.4) is 0 Å². The molecule has 1 saturated carbocycles. The first kappa shape index (κ1) is 15.5. The van der Waals surface area contributed by atoms with E-state index in [1.54, 1.807) is 0 Å². The first-order chi connectivity index (χ1) is 9.70. The smallest absolute Gasteiger partial charge is 0.0762 e. The van der Waals surface area contributed by atoms with Gasteiger partial charge < -0.3 is 10.4 Å². The van der Waals surface area contributed by atoms with Crippen molar-refractivity contribution in [2.75, 3.05) is 6.61 Å². The van der Waals surface area contributed by atoms with Crippen LogP contribution < -0.4 is 5.32 Å². The van der Waals surface area contributed by atoms with Crippen LogP contribution in [0.4, 0.5) is 0 Å². The van der Waals surface area contributed by atoms with Crippen molar-refractivity contribution < 1.29 is 5.11 Å². The highest BCUT2D eigenvalue weighted by Gasteiger charge is 2.17. The molecule has 1 atom stereocenters. The molecule has 1 aromatic heterocycles. The van der Waals surface area contributed by atoms with Gasteiger partial charge in [-0.25, -0.2) is 0 Å². The number of rotatable bonds is 7. The quantitative estimate of drug-likeness (QED) is 0.807. The zero-order valence-electron chi connectivity index (χ0n) is 12.9. The topological polar surface area (TPSA) is 50.1 Å². The summed E-state index contributed by atoms with van der Waals surface area (Å²) in [4.78, 5) is 0. The van der Waals surface area contributed by atoms with Crippen LogP contribution in [0.2, 0.25) is 0 Å². The molecule has 1 aliphatic carbocycles. The van der Waals surface area contributed by atoms with E-state index in [0.717, 1.165) is 18.7 Å². The molecule has 0 aromatic carbocycles. The first-order valence-corrected chi connectivity index (χ1v) is 8.09. The van der Waals surface area contributed by atoms with Gasteiger partial charge in [-0.2, -0.15) is 5.10 Å². The zero-order chi connectivity index (χ0) is 14.4. The van der Waals surface area contributed by atoms with Gasteiger partial charge >= 0.3 is 0 Å². The highest BCUT2D eigenvalue weighted by Crippen LogP contribution is 2.27. The van der Waals surface area contributed by atoms with Crippen molar-refractivity contribution in [2.45, 2.75) is 71.0 Å². The summed E-state index contributed by atoms with van der Waals surface area (Å²) in [5.74, 6) is 0.530. The highest BCUT2D eigenvalue weighted by molar-refractivity contribution is 5.00. The molecular weight excluding hydrogens is 250 g/mol. The lowest BCUT2D eigenvalue weighted by atomic mass is 9.96. The van der Waals surface area contributed by atoms with Crippen molar-refractivity contribution in [2.24, 2.45) is 5.92 Å². The van der Waals surface area contributed by atoms with Gasteiger partial charge in [-0.1, -0.05) is 33.1 Å². The number of aliphatic hydroxyl groups excluding tert-OH is 1. The molecule has 1 fully saturated rings. The maximum Gasteiger partial charge on any atom is 0.0762 e. The number of aromatic nitrogens is 2.